The summed E-state index contributed by atoms with van der Waals surface area (Å²) in [6.45, 7) is 0. The highest BCUT2D eigenvalue weighted by Crippen LogP contribution is 2.39. The van der Waals surface area contributed by atoms with Crippen LogP contribution in [-0.4, -0.2) is 10.5 Å². The van der Waals surface area contributed by atoms with E-state index in [2.05, 4.69) is 149 Å². The number of aromatic nitrogens is 1. The molecular formula is C40H25N3S2. The van der Waals surface area contributed by atoms with Crippen LogP contribution < -0.4 is 5.32 Å². The molecule has 3 nitrogen and oxygen atoms in total. The molecule has 1 aliphatic heterocycles. The zero-order valence-corrected chi connectivity index (χ0v) is 25.7. The zero-order valence-electron chi connectivity index (χ0n) is 24.1. The summed E-state index contributed by atoms with van der Waals surface area (Å²) in [5.74, 6) is 0.836. The molecule has 0 saturated carbocycles. The lowest BCUT2D eigenvalue weighted by atomic mass is 10.0. The van der Waals surface area contributed by atoms with Crippen LogP contribution in [0.5, 0.6) is 0 Å². The lowest BCUT2D eigenvalue weighted by Crippen LogP contribution is -2.32. The average molecular weight is 612 g/mol. The number of benzene rings is 6. The predicted molar refractivity (Wildman–Crippen MR) is 195 cm³/mol. The van der Waals surface area contributed by atoms with E-state index in [-0.39, 0.29) is 6.04 Å². The third-order valence-electron chi connectivity index (χ3n) is 9.06. The van der Waals surface area contributed by atoms with Gasteiger partial charge in [-0.3, -0.25) is 4.57 Å². The second kappa shape index (κ2) is 9.63. The van der Waals surface area contributed by atoms with Crippen LogP contribution in [0.3, 0.4) is 0 Å². The molecule has 9 aromatic rings. The summed E-state index contributed by atoms with van der Waals surface area (Å²) in [7, 11) is 0. The van der Waals surface area contributed by atoms with Crippen molar-refractivity contribution >= 4 is 96.5 Å². The molecule has 0 amide bonds. The number of rotatable bonds is 2. The van der Waals surface area contributed by atoms with E-state index in [1.54, 1.807) is 0 Å². The van der Waals surface area contributed by atoms with Gasteiger partial charge in [0.05, 0.1) is 17.1 Å². The maximum atomic E-state index is 5.43. The number of thiophene rings is 2. The first-order valence-electron chi connectivity index (χ1n) is 15.2. The molecular weight excluding hydrogens is 587 g/mol. The fourth-order valence-electron chi connectivity index (χ4n) is 6.94. The maximum absolute atomic E-state index is 5.43. The van der Waals surface area contributed by atoms with Gasteiger partial charge in [0.25, 0.3) is 0 Å². The summed E-state index contributed by atoms with van der Waals surface area (Å²) >= 11 is 3.71. The number of hydrogen-bond donors (Lipinski definition) is 1. The summed E-state index contributed by atoms with van der Waals surface area (Å²) in [5.41, 5.74) is 5.71. The standard InChI is InChI=1S/C40H25N3S2/c1-5-13-34-26(9-1)27-10-2-6-14-35(27)43(34)40-41-32(24-17-19-30-28-11-3-7-15-36(28)44-38(30)21-24)23-33(42-40)25-18-20-31-29-12-4-8-16-37(29)45-39(31)22-25/h1-23,32H,(H,41,42). The van der Waals surface area contributed by atoms with Crippen molar-refractivity contribution in [3.63, 3.8) is 0 Å². The molecule has 6 aromatic carbocycles. The molecule has 0 saturated heterocycles. The lowest BCUT2D eigenvalue weighted by Gasteiger charge is -2.24. The van der Waals surface area contributed by atoms with Gasteiger partial charge in [0.1, 0.15) is 0 Å². The van der Waals surface area contributed by atoms with Crippen molar-refractivity contribution in [1.82, 2.24) is 9.88 Å². The van der Waals surface area contributed by atoms with E-state index >= 15 is 0 Å². The monoisotopic (exact) mass is 611 g/mol. The Labute approximate surface area is 267 Å². The fourth-order valence-corrected chi connectivity index (χ4v) is 9.24. The van der Waals surface area contributed by atoms with Crippen LogP contribution in [-0.2, 0) is 0 Å². The Kier molecular flexibility index (Phi) is 5.38. The lowest BCUT2D eigenvalue weighted by molar-refractivity contribution is 0.861. The van der Waals surface area contributed by atoms with Crippen LogP contribution in [0.4, 0.5) is 0 Å². The first kappa shape index (κ1) is 25.1. The molecule has 3 aromatic heterocycles. The number of hydrogen-bond acceptors (Lipinski definition) is 4. The zero-order chi connectivity index (χ0) is 29.5. The Bertz CT molecular complexity index is 2650. The van der Waals surface area contributed by atoms with Crippen molar-refractivity contribution in [2.75, 3.05) is 0 Å². The quantitative estimate of drug-likeness (QED) is 0.207. The third kappa shape index (κ3) is 3.84. The van der Waals surface area contributed by atoms with Crippen LogP contribution in [0.2, 0.25) is 0 Å². The topological polar surface area (TPSA) is 29.3 Å². The second-order valence-corrected chi connectivity index (χ2v) is 13.8. The van der Waals surface area contributed by atoms with Gasteiger partial charge in [-0.15, -0.1) is 22.7 Å². The number of aliphatic imine (C=N–C) groups is 1. The third-order valence-corrected chi connectivity index (χ3v) is 11.3. The molecule has 0 aliphatic carbocycles. The van der Waals surface area contributed by atoms with Gasteiger partial charge in [-0.2, -0.15) is 0 Å². The molecule has 0 spiro atoms. The second-order valence-electron chi connectivity index (χ2n) is 11.6. The molecule has 5 heteroatoms. The van der Waals surface area contributed by atoms with Gasteiger partial charge >= 0.3 is 0 Å². The smallest absolute Gasteiger partial charge is 0.208 e. The summed E-state index contributed by atoms with van der Waals surface area (Å²) in [6, 6.07) is 48.2. The van der Waals surface area contributed by atoms with Crippen LogP contribution >= 0.6 is 22.7 Å². The van der Waals surface area contributed by atoms with Crippen molar-refractivity contribution in [3.8, 4) is 0 Å². The molecule has 4 heterocycles. The molecule has 1 aliphatic rings. The first-order chi connectivity index (χ1) is 22.3. The van der Waals surface area contributed by atoms with E-state index in [1.807, 2.05) is 22.7 Å². The Morgan fingerprint density at radius 3 is 1.71 bits per heavy atom. The molecule has 0 radical (unpaired) electrons. The minimum atomic E-state index is -0.149. The average Bonchev–Trinajstić information content (AvgIpc) is 3.77. The van der Waals surface area contributed by atoms with Crippen LogP contribution in [0.15, 0.2) is 145 Å². The molecule has 10 rings (SSSR count). The van der Waals surface area contributed by atoms with E-state index < -0.39 is 0 Å². The van der Waals surface area contributed by atoms with Crippen LogP contribution in [0.25, 0.3) is 67.8 Å². The summed E-state index contributed by atoms with van der Waals surface area (Å²) in [6.07, 6.45) is 2.29. The number of nitrogens with one attached hydrogen (secondary N) is 1. The van der Waals surface area contributed by atoms with Gasteiger partial charge in [-0.05, 0) is 53.6 Å². The van der Waals surface area contributed by atoms with E-state index in [9.17, 15) is 0 Å². The van der Waals surface area contributed by atoms with Gasteiger partial charge in [0.2, 0.25) is 5.96 Å². The van der Waals surface area contributed by atoms with E-state index in [0.29, 0.717) is 0 Å². The molecule has 45 heavy (non-hydrogen) atoms. The van der Waals surface area contributed by atoms with E-state index in [0.717, 1.165) is 28.3 Å². The largest absolute Gasteiger partial charge is 0.325 e. The minimum absolute atomic E-state index is 0.149. The van der Waals surface area contributed by atoms with Gasteiger partial charge < -0.3 is 5.32 Å². The van der Waals surface area contributed by atoms with Crippen molar-refractivity contribution in [3.05, 3.63) is 151 Å². The Morgan fingerprint density at radius 1 is 0.511 bits per heavy atom. The number of para-hydroxylation sites is 2. The van der Waals surface area contributed by atoms with Gasteiger partial charge in [0, 0.05) is 56.8 Å². The van der Waals surface area contributed by atoms with Gasteiger partial charge in [0.15, 0.2) is 0 Å². The normalized spacial score (nSPS) is 15.3. The summed E-state index contributed by atoms with van der Waals surface area (Å²) < 4.78 is 7.51. The highest BCUT2D eigenvalue weighted by molar-refractivity contribution is 7.26. The number of nitrogens with zero attached hydrogens (tertiary/aromatic N) is 2. The molecule has 0 bridgehead atoms. The van der Waals surface area contributed by atoms with Gasteiger partial charge in [-0.1, -0.05) is 97.1 Å². The molecule has 1 unspecified atom stereocenters. The summed E-state index contributed by atoms with van der Waals surface area (Å²) in [4.78, 5) is 5.43. The SMILES string of the molecule is C1=C(c2ccc3c(c2)sc2ccccc23)NC(n2c3ccccc3c3ccccc32)=NC1c1ccc2c(c1)sc1ccccc12. The van der Waals surface area contributed by atoms with Crippen molar-refractivity contribution < 1.29 is 0 Å². The van der Waals surface area contributed by atoms with Gasteiger partial charge in [-0.25, -0.2) is 4.99 Å². The Morgan fingerprint density at radius 2 is 1.04 bits per heavy atom. The van der Waals surface area contributed by atoms with Crippen molar-refractivity contribution in [2.24, 2.45) is 4.99 Å². The Balaban J connectivity index is 1.18. The first-order valence-corrected chi connectivity index (χ1v) is 16.8. The number of fused-ring (bicyclic) bond motifs is 9. The predicted octanol–water partition coefficient (Wildman–Crippen LogP) is 11.1. The highest BCUT2D eigenvalue weighted by Gasteiger charge is 2.23. The van der Waals surface area contributed by atoms with E-state index in [1.165, 1.54) is 56.7 Å². The minimum Gasteiger partial charge on any atom is -0.325 e. The van der Waals surface area contributed by atoms with Crippen LogP contribution in [0, 0.1) is 0 Å². The maximum Gasteiger partial charge on any atom is 0.208 e. The summed E-state index contributed by atoms with van der Waals surface area (Å²) in [5, 5.41) is 11.5. The molecule has 0 fully saturated rings. The molecule has 1 atom stereocenters. The molecule has 212 valence electrons. The van der Waals surface area contributed by atoms with Crippen LogP contribution in [0.1, 0.15) is 17.2 Å². The van der Waals surface area contributed by atoms with E-state index in [4.69, 9.17) is 4.99 Å². The van der Waals surface area contributed by atoms with Crippen molar-refractivity contribution in [1.29, 1.82) is 0 Å². The Hall–Kier alpha value is -5.23. The van der Waals surface area contributed by atoms with Crippen molar-refractivity contribution in [2.45, 2.75) is 6.04 Å². The highest BCUT2D eigenvalue weighted by atomic mass is 32.1. The molecule has 1 N–H and O–H groups in total. The fraction of sp³-hybridized carbons (Fsp3) is 0.0250.